The van der Waals surface area contributed by atoms with Crippen molar-refractivity contribution in [2.75, 3.05) is 56.0 Å². The van der Waals surface area contributed by atoms with E-state index in [1.165, 1.54) is 4.90 Å². The van der Waals surface area contributed by atoms with Crippen LogP contribution < -0.4 is 14.7 Å². The molecular formula is C9H18N6O3. The predicted octanol–water partition coefficient (Wildman–Crippen LogP) is -1.97. The Balaban J connectivity index is 3.21. The van der Waals surface area contributed by atoms with Gasteiger partial charge >= 0.3 is 0 Å². The zero-order valence-corrected chi connectivity index (χ0v) is 10.6. The Morgan fingerprint density at radius 1 is 0.778 bits per heavy atom. The van der Waals surface area contributed by atoms with Crippen LogP contribution in [-0.4, -0.2) is 71.6 Å². The van der Waals surface area contributed by atoms with Gasteiger partial charge < -0.3 is 25.1 Å². The summed E-state index contributed by atoms with van der Waals surface area (Å²) in [6.45, 7) is -1.10. The van der Waals surface area contributed by atoms with Gasteiger partial charge in [0.05, 0.1) is 0 Å². The molecule has 3 N–H and O–H groups in total. The van der Waals surface area contributed by atoms with E-state index in [2.05, 4.69) is 15.0 Å². The van der Waals surface area contributed by atoms with Crippen LogP contribution in [0.2, 0.25) is 0 Å². The normalized spacial score (nSPS) is 10.3. The first-order valence-electron chi connectivity index (χ1n) is 5.25. The Morgan fingerprint density at radius 2 is 1.28 bits per heavy atom. The standard InChI is InChI=1S/C9H18N6O3/c1-13(2)7-10-8(14(3)4-16)12-9(11-7)15(5-17)6-18/h16-18H,4-6H2,1-3H3. The summed E-state index contributed by atoms with van der Waals surface area (Å²) in [5, 5.41) is 27.2. The van der Waals surface area contributed by atoms with Crippen LogP contribution in [0, 0.1) is 0 Å². The molecule has 0 unspecified atom stereocenters. The van der Waals surface area contributed by atoms with E-state index in [9.17, 15) is 0 Å². The lowest BCUT2D eigenvalue weighted by atomic mass is 10.7. The molecular weight excluding hydrogens is 240 g/mol. The van der Waals surface area contributed by atoms with Crippen molar-refractivity contribution in [1.82, 2.24) is 15.0 Å². The summed E-state index contributed by atoms with van der Waals surface area (Å²) in [5.41, 5.74) is 0. The smallest absolute Gasteiger partial charge is 0.235 e. The molecule has 0 amide bonds. The van der Waals surface area contributed by atoms with Crippen molar-refractivity contribution < 1.29 is 15.3 Å². The second kappa shape index (κ2) is 6.28. The fourth-order valence-electron chi connectivity index (χ4n) is 1.09. The summed E-state index contributed by atoms with van der Waals surface area (Å²) >= 11 is 0. The lowest BCUT2D eigenvalue weighted by Gasteiger charge is -2.21. The van der Waals surface area contributed by atoms with Gasteiger partial charge in [-0.1, -0.05) is 0 Å². The van der Waals surface area contributed by atoms with Gasteiger partial charge in [0.2, 0.25) is 17.8 Å². The van der Waals surface area contributed by atoms with Crippen LogP contribution in [-0.2, 0) is 0 Å². The summed E-state index contributed by atoms with van der Waals surface area (Å²) in [5.74, 6) is 0.745. The zero-order valence-electron chi connectivity index (χ0n) is 10.6. The summed E-state index contributed by atoms with van der Waals surface area (Å²) in [6.07, 6.45) is 0. The highest BCUT2D eigenvalue weighted by atomic mass is 16.3. The molecule has 102 valence electrons. The lowest BCUT2D eigenvalue weighted by Crippen LogP contribution is -2.30. The molecule has 0 aliphatic carbocycles. The van der Waals surface area contributed by atoms with Crippen LogP contribution >= 0.6 is 0 Å². The molecule has 1 heterocycles. The van der Waals surface area contributed by atoms with Gasteiger partial charge in [-0.05, 0) is 0 Å². The first-order valence-corrected chi connectivity index (χ1v) is 5.25. The molecule has 1 rings (SSSR count). The first kappa shape index (κ1) is 14.4. The monoisotopic (exact) mass is 258 g/mol. The molecule has 9 nitrogen and oxygen atoms in total. The van der Waals surface area contributed by atoms with Gasteiger partial charge in [0.15, 0.2) is 0 Å². The van der Waals surface area contributed by atoms with Crippen molar-refractivity contribution in [3.8, 4) is 0 Å². The molecule has 0 radical (unpaired) electrons. The number of aliphatic hydroxyl groups is 3. The second-order valence-electron chi connectivity index (χ2n) is 3.79. The quantitative estimate of drug-likeness (QED) is 0.500. The highest BCUT2D eigenvalue weighted by molar-refractivity contribution is 5.44. The average Bonchev–Trinajstić information content (AvgIpc) is 2.38. The van der Waals surface area contributed by atoms with Crippen molar-refractivity contribution in [2.24, 2.45) is 0 Å². The predicted molar refractivity (Wildman–Crippen MR) is 66.3 cm³/mol. The molecule has 1 aromatic rings. The molecule has 0 saturated carbocycles. The minimum absolute atomic E-state index is 0.133. The van der Waals surface area contributed by atoms with Gasteiger partial charge in [-0.3, -0.25) is 4.90 Å². The molecule has 0 saturated heterocycles. The lowest BCUT2D eigenvalue weighted by molar-refractivity contribution is 0.220. The third kappa shape index (κ3) is 3.15. The molecule has 0 atom stereocenters. The topological polar surface area (TPSA) is 109 Å². The van der Waals surface area contributed by atoms with Crippen LogP contribution in [0.3, 0.4) is 0 Å². The van der Waals surface area contributed by atoms with Gasteiger partial charge in [0.1, 0.15) is 20.2 Å². The summed E-state index contributed by atoms with van der Waals surface area (Å²) in [7, 11) is 5.12. The molecule has 1 aromatic heterocycles. The number of anilines is 3. The largest absolute Gasteiger partial charge is 0.376 e. The van der Waals surface area contributed by atoms with E-state index in [-0.39, 0.29) is 18.6 Å². The van der Waals surface area contributed by atoms with Crippen LogP contribution in [0.1, 0.15) is 0 Å². The zero-order chi connectivity index (χ0) is 13.7. The van der Waals surface area contributed by atoms with Crippen LogP contribution in [0.25, 0.3) is 0 Å². The van der Waals surface area contributed by atoms with Gasteiger partial charge in [0, 0.05) is 21.1 Å². The van der Waals surface area contributed by atoms with Gasteiger partial charge in [-0.2, -0.15) is 15.0 Å². The maximum atomic E-state index is 9.08. The van der Waals surface area contributed by atoms with Crippen molar-refractivity contribution in [1.29, 1.82) is 0 Å². The number of hydrogen-bond donors (Lipinski definition) is 3. The number of aromatic nitrogens is 3. The Kier molecular flexibility index (Phi) is 5.01. The van der Waals surface area contributed by atoms with Gasteiger partial charge in [0.25, 0.3) is 0 Å². The van der Waals surface area contributed by atoms with Gasteiger partial charge in [-0.25, -0.2) is 0 Å². The highest BCUT2D eigenvalue weighted by Gasteiger charge is 2.15. The summed E-state index contributed by atoms with van der Waals surface area (Å²) in [4.78, 5) is 16.5. The van der Waals surface area contributed by atoms with Crippen molar-refractivity contribution in [3.05, 3.63) is 0 Å². The summed E-state index contributed by atoms with van der Waals surface area (Å²) in [6, 6.07) is 0. The first-order chi connectivity index (χ1) is 8.53. The fourth-order valence-corrected chi connectivity index (χ4v) is 1.09. The Morgan fingerprint density at radius 3 is 1.72 bits per heavy atom. The van der Waals surface area contributed by atoms with Crippen LogP contribution in [0.5, 0.6) is 0 Å². The van der Waals surface area contributed by atoms with Crippen molar-refractivity contribution in [3.63, 3.8) is 0 Å². The third-order valence-corrected chi connectivity index (χ3v) is 2.18. The Labute approximate surface area is 105 Å². The Hall–Kier alpha value is -1.71. The van der Waals surface area contributed by atoms with E-state index in [1.54, 1.807) is 26.0 Å². The Bertz CT molecular complexity index is 385. The summed E-state index contributed by atoms with van der Waals surface area (Å²) < 4.78 is 0. The molecule has 0 aromatic carbocycles. The number of nitrogens with zero attached hydrogens (tertiary/aromatic N) is 6. The van der Waals surface area contributed by atoms with Gasteiger partial charge in [-0.15, -0.1) is 0 Å². The second-order valence-corrected chi connectivity index (χ2v) is 3.79. The fraction of sp³-hybridized carbons (Fsp3) is 0.667. The van der Waals surface area contributed by atoms with E-state index in [4.69, 9.17) is 15.3 Å². The maximum Gasteiger partial charge on any atom is 0.235 e. The van der Waals surface area contributed by atoms with Crippen molar-refractivity contribution >= 4 is 17.8 Å². The SMILES string of the molecule is CN(C)c1nc(N(C)CO)nc(N(CO)CO)n1. The van der Waals surface area contributed by atoms with Crippen LogP contribution in [0.4, 0.5) is 17.8 Å². The van der Waals surface area contributed by atoms with Crippen LogP contribution in [0.15, 0.2) is 0 Å². The maximum absolute atomic E-state index is 9.08. The molecule has 0 bridgehead atoms. The molecule has 0 aliphatic heterocycles. The highest BCUT2D eigenvalue weighted by Crippen LogP contribution is 2.16. The molecule has 18 heavy (non-hydrogen) atoms. The van der Waals surface area contributed by atoms with E-state index in [1.807, 2.05) is 0 Å². The van der Waals surface area contributed by atoms with E-state index in [0.29, 0.717) is 5.95 Å². The minimum Gasteiger partial charge on any atom is -0.376 e. The van der Waals surface area contributed by atoms with Crippen molar-refractivity contribution in [2.45, 2.75) is 0 Å². The molecule has 0 fully saturated rings. The average molecular weight is 258 g/mol. The van der Waals surface area contributed by atoms with E-state index in [0.717, 1.165) is 4.90 Å². The number of rotatable bonds is 6. The number of hydrogen-bond acceptors (Lipinski definition) is 9. The van der Waals surface area contributed by atoms with E-state index >= 15 is 0 Å². The molecule has 0 aliphatic rings. The minimum atomic E-state index is -0.421. The third-order valence-electron chi connectivity index (χ3n) is 2.18. The molecule has 9 heteroatoms. The van der Waals surface area contributed by atoms with E-state index < -0.39 is 13.5 Å². The molecule has 0 spiro atoms. The number of aliphatic hydroxyl groups excluding tert-OH is 3.